The molecule has 0 aromatic heterocycles. The van der Waals surface area contributed by atoms with E-state index in [1.807, 2.05) is 6.92 Å². The molecule has 2 aromatic rings. The fraction of sp³-hybridized carbons (Fsp3) is 0.538. The first kappa shape index (κ1) is 25.1. The molecule has 30 heavy (non-hydrogen) atoms. The first-order valence-corrected chi connectivity index (χ1v) is 16.2. The minimum absolute atomic E-state index is 0.00235. The fourth-order valence-electron chi connectivity index (χ4n) is 4.45. The quantitative estimate of drug-likeness (QED) is 0.553. The molecule has 0 radical (unpaired) electrons. The summed E-state index contributed by atoms with van der Waals surface area (Å²) in [7, 11) is -4.54. The van der Waals surface area contributed by atoms with Crippen molar-refractivity contribution < 1.29 is 9.53 Å². The zero-order valence-electron chi connectivity index (χ0n) is 20.5. The molecule has 0 saturated carbocycles. The molecule has 0 aliphatic rings. The van der Waals surface area contributed by atoms with Gasteiger partial charge in [0.05, 0.1) is 6.10 Å². The van der Waals surface area contributed by atoms with Crippen LogP contribution < -0.4 is 10.4 Å². The van der Waals surface area contributed by atoms with Crippen LogP contribution in [0.5, 0.6) is 0 Å². The molecular weight excluding hydrogens is 400 g/mol. The van der Waals surface area contributed by atoms with Crippen molar-refractivity contribution in [1.29, 1.82) is 0 Å². The van der Waals surface area contributed by atoms with Gasteiger partial charge in [0.1, 0.15) is 0 Å². The Bertz CT molecular complexity index is 748. The van der Waals surface area contributed by atoms with Gasteiger partial charge in [-0.3, -0.25) is 0 Å². The summed E-state index contributed by atoms with van der Waals surface area (Å²) in [5.74, 6) is 0. The van der Waals surface area contributed by atoms with Crippen molar-refractivity contribution in [2.75, 3.05) is 0 Å². The molecule has 0 aliphatic heterocycles. The van der Waals surface area contributed by atoms with E-state index in [1.165, 1.54) is 10.4 Å². The molecule has 0 unspecified atom stereocenters. The Labute approximate surface area is 186 Å². The summed E-state index contributed by atoms with van der Waals surface area (Å²) in [4.78, 5) is 0. The van der Waals surface area contributed by atoms with Crippen molar-refractivity contribution in [3.63, 3.8) is 0 Å². The molecule has 2 atom stereocenters. The summed E-state index contributed by atoms with van der Waals surface area (Å²) in [5.41, 5.74) is -0.0109. The van der Waals surface area contributed by atoms with Crippen LogP contribution in [0.25, 0.3) is 0 Å². The van der Waals surface area contributed by atoms with E-state index >= 15 is 0 Å². The Morgan fingerprint density at radius 3 is 1.47 bits per heavy atom. The average molecular weight is 443 g/mol. The van der Waals surface area contributed by atoms with Crippen LogP contribution in [0.4, 0.5) is 0 Å². The van der Waals surface area contributed by atoms with Crippen LogP contribution in [0, 0.1) is 0 Å². The van der Waals surface area contributed by atoms with E-state index in [2.05, 4.69) is 115 Å². The van der Waals surface area contributed by atoms with Gasteiger partial charge in [0, 0.05) is 5.73 Å². The molecule has 0 bridgehead atoms. The Kier molecular flexibility index (Phi) is 7.61. The molecule has 166 valence electrons. The van der Waals surface area contributed by atoms with Gasteiger partial charge < -0.3 is 9.53 Å². The van der Waals surface area contributed by atoms with Gasteiger partial charge in [-0.25, -0.2) is 0 Å². The third-order valence-corrected chi connectivity index (χ3v) is 17.8. The van der Waals surface area contributed by atoms with Crippen molar-refractivity contribution in [3.05, 3.63) is 60.7 Å². The molecule has 0 spiro atoms. The van der Waals surface area contributed by atoms with Crippen molar-refractivity contribution in [1.82, 2.24) is 0 Å². The van der Waals surface area contributed by atoms with Crippen LogP contribution in [0.2, 0.25) is 23.2 Å². The van der Waals surface area contributed by atoms with Crippen LogP contribution in [0.1, 0.15) is 54.9 Å². The largest absolute Gasteiger partial charge is 0.416 e. The molecule has 0 amide bonds. The van der Waals surface area contributed by atoms with Crippen LogP contribution in [-0.2, 0) is 4.43 Å². The number of aliphatic hydroxyl groups excluding tert-OH is 1. The number of hydrogen-bond acceptors (Lipinski definition) is 2. The lowest BCUT2D eigenvalue weighted by molar-refractivity contribution is 0.129. The third kappa shape index (κ3) is 4.99. The van der Waals surface area contributed by atoms with Crippen molar-refractivity contribution in [3.8, 4) is 0 Å². The van der Waals surface area contributed by atoms with E-state index in [0.717, 1.165) is 0 Å². The van der Waals surface area contributed by atoms with Crippen molar-refractivity contribution >= 4 is 26.8 Å². The van der Waals surface area contributed by atoms with Crippen molar-refractivity contribution in [2.24, 2.45) is 0 Å². The summed E-state index contributed by atoms with van der Waals surface area (Å²) >= 11 is 0. The van der Waals surface area contributed by atoms with Gasteiger partial charge in [-0.2, -0.15) is 0 Å². The number of aliphatic hydroxyl groups is 1. The maximum atomic E-state index is 10.6. The normalized spacial score (nSPS) is 15.7. The van der Waals surface area contributed by atoms with Gasteiger partial charge in [0.15, 0.2) is 16.4 Å². The number of hydrogen-bond donors (Lipinski definition) is 1. The first-order chi connectivity index (χ1) is 13.7. The Balaban J connectivity index is 2.86. The smallest absolute Gasteiger partial charge is 0.191 e. The minimum Gasteiger partial charge on any atom is -0.416 e. The van der Waals surface area contributed by atoms with E-state index in [-0.39, 0.29) is 15.8 Å². The van der Waals surface area contributed by atoms with E-state index in [9.17, 15) is 5.11 Å². The predicted molar refractivity (Wildman–Crippen MR) is 136 cm³/mol. The Morgan fingerprint density at radius 2 is 1.17 bits per heavy atom. The molecule has 0 fully saturated rings. The number of benzene rings is 2. The lowest BCUT2D eigenvalue weighted by Crippen LogP contribution is -2.74. The summed E-state index contributed by atoms with van der Waals surface area (Å²) in [6.07, 6.45) is 0.237. The van der Waals surface area contributed by atoms with Crippen LogP contribution in [0.3, 0.4) is 0 Å². The second-order valence-corrected chi connectivity index (χ2v) is 20.9. The third-order valence-electron chi connectivity index (χ3n) is 6.92. The highest BCUT2D eigenvalue weighted by atomic mass is 28.4. The van der Waals surface area contributed by atoms with Crippen LogP contribution >= 0.6 is 0 Å². The van der Waals surface area contributed by atoms with Gasteiger partial charge >= 0.3 is 0 Å². The number of rotatable bonds is 7. The standard InChI is InChI=1S/C26H42O2Si2/c1-21(27)20-24(28-29(8,9)25(2,3)4)30(26(5,6)7,22-16-12-10-13-17-22)23-18-14-11-15-19-23/h10-19,21,24,27H,20H2,1-9H3/t21-,24-/m1/s1. The highest BCUT2D eigenvalue weighted by molar-refractivity contribution is 7.05. The van der Waals surface area contributed by atoms with Gasteiger partial charge in [-0.15, -0.1) is 0 Å². The SMILES string of the molecule is C[C@@H](O)C[C@H](O[Si](C)(C)C(C)(C)C)[Si](c1ccccc1)(c1ccccc1)C(C)(C)C. The van der Waals surface area contributed by atoms with Gasteiger partial charge in [-0.05, 0) is 36.5 Å². The maximum Gasteiger partial charge on any atom is 0.191 e. The lowest BCUT2D eigenvalue weighted by atomic mass is 10.2. The maximum absolute atomic E-state index is 10.6. The zero-order chi connectivity index (χ0) is 22.8. The fourth-order valence-corrected chi connectivity index (χ4v) is 13.1. The first-order valence-electron chi connectivity index (χ1n) is 11.2. The molecule has 0 saturated heterocycles. The van der Waals surface area contributed by atoms with E-state index in [4.69, 9.17) is 4.43 Å². The summed E-state index contributed by atoms with van der Waals surface area (Å²) in [6, 6.07) is 21.9. The minimum atomic E-state index is -2.48. The second-order valence-electron chi connectivity index (χ2n) is 11.2. The zero-order valence-corrected chi connectivity index (χ0v) is 22.5. The predicted octanol–water partition coefficient (Wildman–Crippen LogP) is 5.75. The van der Waals surface area contributed by atoms with Gasteiger partial charge in [-0.1, -0.05) is 113 Å². The van der Waals surface area contributed by atoms with E-state index < -0.39 is 22.5 Å². The highest BCUT2D eigenvalue weighted by Crippen LogP contribution is 2.44. The van der Waals surface area contributed by atoms with E-state index in [0.29, 0.717) is 6.42 Å². The lowest BCUT2D eigenvalue weighted by Gasteiger charge is -2.52. The summed E-state index contributed by atoms with van der Waals surface area (Å²) in [6.45, 7) is 20.5. The van der Waals surface area contributed by atoms with Crippen LogP contribution in [-0.4, -0.2) is 33.3 Å². The summed E-state index contributed by atoms with van der Waals surface area (Å²) in [5, 5.41) is 13.5. The van der Waals surface area contributed by atoms with Crippen molar-refractivity contribution in [2.45, 2.75) is 89.9 Å². The molecule has 1 N–H and O–H groups in total. The van der Waals surface area contributed by atoms with Gasteiger partial charge in [0.2, 0.25) is 0 Å². The second kappa shape index (κ2) is 9.11. The monoisotopic (exact) mass is 442 g/mol. The van der Waals surface area contributed by atoms with Crippen LogP contribution in [0.15, 0.2) is 60.7 Å². The Hall–Kier alpha value is -1.21. The molecular formula is C26H42O2Si2. The molecule has 4 heteroatoms. The molecule has 2 rings (SSSR count). The van der Waals surface area contributed by atoms with E-state index in [1.54, 1.807) is 0 Å². The average Bonchev–Trinajstić information content (AvgIpc) is 2.61. The topological polar surface area (TPSA) is 29.5 Å². The highest BCUT2D eigenvalue weighted by Gasteiger charge is 2.56. The molecule has 0 heterocycles. The summed E-state index contributed by atoms with van der Waals surface area (Å²) < 4.78 is 7.25. The Morgan fingerprint density at radius 1 is 0.767 bits per heavy atom. The molecule has 0 aliphatic carbocycles. The molecule has 2 aromatic carbocycles. The molecule has 2 nitrogen and oxygen atoms in total. The van der Waals surface area contributed by atoms with Gasteiger partial charge in [0.25, 0.3) is 0 Å².